The van der Waals surface area contributed by atoms with Crippen molar-refractivity contribution in [1.82, 2.24) is 25.2 Å². The van der Waals surface area contributed by atoms with E-state index in [-0.39, 0.29) is 5.91 Å². The molecule has 7 nitrogen and oxygen atoms in total. The van der Waals surface area contributed by atoms with Crippen molar-refractivity contribution >= 4 is 5.91 Å². The zero-order valence-electron chi connectivity index (χ0n) is 10.8. The number of piperidine rings is 1. The largest absolute Gasteiger partial charge is 0.391 e. The van der Waals surface area contributed by atoms with Gasteiger partial charge in [-0.05, 0) is 32.4 Å². The Balaban J connectivity index is 1.68. The van der Waals surface area contributed by atoms with E-state index in [0.717, 1.165) is 25.9 Å². The molecular weight excluding hydrogens is 246 g/mol. The van der Waals surface area contributed by atoms with Crippen LogP contribution < -0.4 is 5.32 Å². The Morgan fingerprint density at radius 1 is 1.37 bits per heavy atom. The summed E-state index contributed by atoms with van der Waals surface area (Å²) in [6, 6.07) is 0.333. The van der Waals surface area contributed by atoms with E-state index in [1.54, 1.807) is 15.8 Å². The maximum atomic E-state index is 12.2. The maximum absolute atomic E-state index is 12.2. The molecule has 2 fully saturated rings. The van der Waals surface area contributed by atoms with Crippen LogP contribution in [-0.4, -0.2) is 63.2 Å². The molecule has 2 saturated heterocycles. The highest BCUT2D eigenvalue weighted by molar-refractivity contribution is 5.92. The minimum Gasteiger partial charge on any atom is -0.391 e. The molecule has 0 radical (unpaired) electrons. The molecule has 1 amide bonds. The zero-order valence-corrected chi connectivity index (χ0v) is 10.8. The molecule has 1 aromatic rings. The standard InChI is InChI=1S/C12H19N5O2/c18-10-3-6-16(7-10)12(19)11-8-17(15-14-11)9-1-4-13-5-2-9/h8-10,13,18H,1-7H2/t10-/m1/s1. The maximum Gasteiger partial charge on any atom is 0.276 e. The second-order valence-corrected chi connectivity index (χ2v) is 5.26. The molecule has 2 N–H and O–H groups in total. The third kappa shape index (κ3) is 2.62. The van der Waals surface area contributed by atoms with Gasteiger partial charge in [0, 0.05) is 13.1 Å². The topological polar surface area (TPSA) is 83.3 Å². The van der Waals surface area contributed by atoms with Crippen molar-refractivity contribution < 1.29 is 9.90 Å². The van der Waals surface area contributed by atoms with Gasteiger partial charge >= 0.3 is 0 Å². The van der Waals surface area contributed by atoms with Crippen molar-refractivity contribution in [3.8, 4) is 0 Å². The number of amides is 1. The first-order valence-electron chi connectivity index (χ1n) is 6.84. The highest BCUT2D eigenvalue weighted by Crippen LogP contribution is 2.18. The van der Waals surface area contributed by atoms with Crippen LogP contribution in [0.5, 0.6) is 0 Å². The van der Waals surface area contributed by atoms with E-state index in [1.807, 2.05) is 0 Å². The van der Waals surface area contributed by atoms with Gasteiger partial charge < -0.3 is 15.3 Å². The Morgan fingerprint density at radius 2 is 2.16 bits per heavy atom. The van der Waals surface area contributed by atoms with Crippen LogP contribution in [-0.2, 0) is 0 Å². The predicted octanol–water partition coefficient (Wildman–Crippen LogP) is -0.591. The van der Waals surface area contributed by atoms with Crippen molar-refractivity contribution in [2.75, 3.05) is 26.2 Å². The summed E-state index contributed by atoms with van der Waals surface area (Å²) in [7, 11) is 0. The van der Waals surface area contributed by atoms with Crippen LogP contribution in [0.1, 0.15) is 35.8 Å². The molecule has 19 heavy (non-hydrogen) atoms. The molecule has 0 aliphatic carbocycles. The summed E-state index contributed by atoms with van der Waals surface area (Å²) in [6.07, 6.45) is 4.01. The Hall–Kier alpha value is -1.47. The second-order valence-electron chi connectivity index (χ2n) is 5.26. The lowest BCUT2D eigenvalue weighted by atomic mass is 10.1. The molecule has 104 valence electrons. The molecule has 0 aromatic carbocycles. The van der Waals surface area contributed by atoms with Gasteiger partial charge in [-0.3, -0.25) is 4.79 Å². The summed E-state index contributed by atoms with van der Waals surface area (Å²) >= 11 is 0. The number of aliphatic hydroxyl groups is 1. The highest BCUT2D eigenvalue weighted by Gasteiger charge is 2.27. The van der Waals surface area contributed by atoms with E-state index in [9.17, 15) is 9.90 Å². The summed E-state index contributed by atoms with van der Waals surface area (Å²) in [4.78, 5) is 13.8. The normalized spacial score (nSPS) is 24.9. The molecule has 0 saturated carbocycles. The van der Waals surface area contributed by atoms with E-state index in [2.05, 4.69) is 15.6 Å². The van der Waals surface area contributed by atoms with E-state index >= 15 is 0 Å². The molecule has 1 atom stereocenters. The number of rotatable bonds is 2. The number of hydrogen-bond donors (Lipinski definition) is 2. The minimum atomic E-state index is -0.400. The second kappa shape index (κ2) is 5.26. The molecule has 2 aliphatic heterocycles. The number of carbonyl (C=O) groups excluding carboxylic acids is 1. The number of β-amino-alcohol motifs (C(OH)–C–C–N with tert-alkyl or cyclic N) is 1. The molecule has 0 bridgehead atoms. The number of aliphatic hydroxyl groups excluding tert-OH is 1. The van der Waals surface area contributed by atoms with Gasteiger partial charge in [-0.15, -0.1) is 5.10 Å². The van der Waals surface area contributed by atoms with Crippen molar-refractivity contribution in [3.05, 3.63) is 11.9 Å². The lowest BCUT2D eigenvalue weighted by Gasteiger charge is -2.22. The first kappa shape index (κ1) is 12.6. The minimum absolute atomic E-state index is 0.128. The Kier molecular flexibility index (Phi) is 3.48. The number of carbonyl (C=O) groups is 1. The number of hydrogen-bond acceptors (Lipinski definition) is 5. The summed E-state index contributed by atoms with van der Waals surface area (Å²) < 4.78 is 1.81. The van der Waals surface area contributed by atoms with Crippen LogP contribution >= 0.6 is 0 Å². The first-order chi connectivity index (χ1) is 9.24. The molecule has 2 aliphatic rings. The lowest BCUT2D eigenvalue weighted by molar-refractivity contribution is 0.0759. The fourth-order valence-corrected chi connectivity index (χ4v) is 2.71. The van der Waals surface area contributed by atoms with Crippen molar-refractivity contribution in [1.29, 1.82) is 0 Å². The average molecular weight is 265 g/mol. The summed E-state index contributed by atoms with van der Waals surface area (Å²) in [5.74, 6) is -0.128. The van der Waals surface area contributed by atoms with Crippen molar-refractivity contribution in [2.45, 2.75) is 31.4 Å². The van der Waals surface area contributed by atoms with Crippen LogP contribution in [0, 0.1) is 0 Å². The van der Waals surface area contributed by atoms with E-state index in [0.29, 0.717) is 31.2 Å². The highest BCUT2D eigenvalue weighted by atomic mass is 16.3. The van der Waals surface area contributed by atoms with Gasteiger partial charge in [0.2, 0.25) is 0 Å². The number of nitrogens with zero attached hydrogens (tertiary/aromatic N) is 4. The summed E-state index contributed by atoms with van der Waals surface area (Å²) in [6.45, 7) is 2.96. The molecule has 7 heteroatoms. The number of likely N-dealkylation sites (tertiary alicyclic amines) is 1. The van der Waals surface area contributed by atoms with Gasteiger partial charge in [0.05, 0.1) is 18.3 Å². The summed E-state index contributed by atoms with van der Waals surface area (Å²) in [5, 5.41) is 20.8. The fraction of sp³-hybridized carbons (Fsp3) is 0.750. The Labute approximate surface area is 111 Å². The van der Waals surface area contributed by atoms with Crippen LogP contribution in [0.15, 0.2) is 6.20 Å². The third-order valence-electron chi connectivity index (χ3n) is 3.86. The Morgan fingerprint density at radius 3 is 2.84 bits per heavy atom. The first-order valence-corrected chi connectivity index (χ1v) is 6.84. The molecule has 1 aromatic heterocycles. The van der Waals surface area contributed by atoms with Crippen LogP contribution in [0.4, 0.5) is 0 Å². The van der Waals surface area contributed by atoms with Gasteiger partial charge in [0.25, 0.3) is 5.91 Å². The van der Waals surface area contributed by atoms with Crippen LogP contribution in [0.3, 0.4) is 0 Å². The van der Waals surface area contributed by atoms with E-state index < -0.39 is 6.10 Å². The SMILES string of the molecule is O=C(c1cn(C2CCNCC2)nn1)N1CC[C@@H](O)C1. The predicted molar refractivity (Wildman–Crippen MR) is 67.7 cm³/mol. The van der Waals surface area contributed by atoms with Gasteiger partial charge in [-0.2, -0.15) is 0 Å². The van der Waals surface area contributed by atoms with Gasteiger partial charge in [0.15, 0.2) is 5.69 Å². The number of nitrogens with one attached hydrogen (secondary N) is 1. The molecule has 0 spiro atoms. The number of aromatic nitrogens is 3. The smallest absolute Gasteiger partial charge is 0.276 e. The van der Waals surface area contributed by atoms with Crippen LogP contribution in [0.2, 0.25) is 0 Å². The average Bonchev–Trinajstić information content (AvgIpc) is 3.08. The molecule has 3 heterocycles. The molecular formula is C12H19N5O2. The molecule has 0 unspecified atom stereocenters. The summed E-state index contributed by atoms with van der Waals surface area (Å²) in [5.41, 5.74) is 0.382. The zero-order chi connectivity index (χ0) is 13.2. The fourth-order valence-electron chi connectivity index (χ4n) is 2.71. The van der Waals surface area contributed by atoms with E-state index in [4.69, 9.17) is 0 Å². The van der Waals surface area contributed by atoms with Crippen molar-refractivity contribution in [2.24, 2.45) is 0 Å². The Bertz CT molecular complexity index is 455. The van der Waals surface area contributed by atoms with Gasteiger partial charge in [0.1, 0.15) is 0 Å². The molecule has 3 rings (SSSR count). The van der Waals surface area contributed by atoms with Crippen LogP contribution in [0.25, 0.3) is 0 Å². The van der Waals surface area contributed by atoms with Crippen molar-refractivity contribution in [3.63, 3.8) is 0 Å². The van der Waals surface area contributed by atoms with Gasteiger partial charge in [-0.1, -0.05) is 5.21 Å². The van der Waals surface area contributed by atoms with Gasteiger partial charge in [-0.25, -0.2) is 4.68 Å². The lowest BCUT2D eigenvalue weighted by Crippen LogP contribution is -2.30. The van der Waals surface area contributed by atoms with E-state index in [1.165, 1.54) is 0 Å². The third-order valence-corrected chi connectivity index (χ3v) is 3.86. The monoisotopic (exact) mass is 265 g/mol. The quantitative estimate of drug-likeness (QED) is 0.747.